The number of likely N-dealkylation sites (tertiary alicyclic amines) is 1. The van der Waals surface area contributed by atoms with Gasteiger partial charge in [-0.1, -0.05) is 6.07 Å². The zero-order valence-electron chi connectivity index (χ0n) is 15.7. The van der Waals surface area contributed by atoms with Gasteiger partial charge in [-0.2, -0.15) is 5.10 Å². The van der Waals surface area contributed by atoms with Crippen LogP contribution in [-0.4, -0.2) is 60.7 Å². The lowest BCUT2D eigenvalue weighted by molar-refractivity contribution is 0.0908. The van der Waals surface area contributed by atoms with Gasteiger partial charge in [0.05, 0.1) is 6.20 Å². The van der Waals surface area contributed by atoms with Gasteiger partial charge in [0.1, 0.15) is 11.4 Å². The molecule has 0 aliphatic carbocycles. The highest BCUT2D eigenvalue weighted by Gasteiger charge is 2.25. The first-order valence-electron chi connectivity index (χ1n) is 9.36. The van der Waals surface area contributed by atoms with Gasteiger partial charge in [-0.05, 0) is 30.5 Å². The number of carbonyl (C=O) groups is 2. The number of piperidine rings is 1. The van der Waals surface area contributed by atoms with Crippen molar-refractivity contribution in [3.8, 4) is 0 Å². The van der Waals surface area contributed by atoms with E-state index in [-0.39, 0.29) is 11.9 Å². The summed E-state index contributed by atoms with van der Waals surface area (Å²) in [6.45, 7) is 1.39. The molecule has 0 spiro atoms. The van der Waals surface area contributed by atoms with Crippen molar-refractivity contribution < 1.29 is 14.7 Å². The van der Waals surface area contributed by atoms with E-state index in [4.69, 9.17) is 5.11 Å². The quantitative estimate of drug-likeness (QED) is 0.599. The number of carboxylic acid groups (broad SMARTS) is 1. The Morgan fingerprint density at radius 1 is 1.21 bits per heavy atom. The first kappa shape index (κ1) is 18.7. The minimum atomic E-state index is -0.923. The van der Waals surface area contributed by atoms with Crippen LogP contribution in [0.2, 0.25) is 0 Å². The number of rotatable bonds is 5. The maximum absolute atomic E-state index is 12.7. The number of amides is 2. The minimum absolute atomic E-state index is 0.0695. The smallest absolute Gasteiger partial charge is 0.407 e. The molecule has 0 radical (unpaired) electrons. The van der Waals surface area contributed by atoms with Crippen molar-refractivity contribution in [3.63, 3.8) is 0 Å². The third-order valence-corrected chi connectivity index (χ3v) is 4.91. The summed E-state index contributed by atoms with van der Waals surface area (Å²) in [6, 6.07) is 5.56. The Bertz CT molecular complexity index is 1010. The predicted octanol–water partition coefficient (Wildman–Crippen LogP) is 1.61. The fourth-order valence-electron chi connectivity index (χ4n) is 3.30. The summed E-state index contributed by atoms with van der Waals surface area (Å²) in [4.78, 5) is 33.7. The molecule has 3 aromatic heterocycles. The third kappa shape index (κ3) is 4.26. The van der Waals surface area contributed by atoms with Gasteiger partial charge in [-0.25, -0.2) is 14.3 Å². The van der Waals surface area contributed by atoms with Crippen LogP contribution in [0.5, 0.6) is 0 Å². The number of hydrogen-bond donors (Lipinski definition) is 3. The first-order chi connectivity index (χ1) is 14.1. The second-order valence-electron chi connectivity index (χ2n) is 6.87. The molecular weight excluding hydrogens is 374 g/mol. The highest BCUT2D eigenvalue weighted by molar-refractivity contribution is 5.99. The van der Waals surface area contributed by atoms with Crippen molar-refractivity contribution in [1.82, 2.24) is 29.8 Å². The Morgan fingerprint density at radius 3 is 2.76 bits per heavy atom. The molecule has 0 aromatic carbocycles. The molecule has 10 nitrogen and oxygen atoms in total. The fraction of sp³-hybridized carbons (Fsp3) is 0.316. The summed E-state index contributed by atoms with van der Waals surface area (Å²) < 4.78 is 1.55. The molecule has 3 aromatic rings. The average Bonchev–Trinajstić information content (AvgIpc) is 3.17. The standard InChI is InChI=1S/C19H21N7O3/c27-18(23-14-3-7-25(8-4-14)19(28)29)15-12-22-26-9-5-16(24-17(15)26)21-11-13-2-1-6-20-10-13/h1-2,5-6,9-10,12,14H,3-4,7-8,11H2,(H,21,24)(H,23,27)(H,28,29). The normalized spacial score (nSPS) is 14.7. The summed E-state index contributed by atoms with van der Waals surface area (Å²) in [5.41, 5.74) is 1.87. The van der Waals surface area contributed by atoms with E-state index in [2.05, 4.69) is 25.7 Å². The Balaban J connectivity index is 1.43. The van der Waals surface area contributed by atoms with E-state index in [0.717, 1.165) is 5.56 Å². The second kappa shape index (κ2) is 8.13. The molecule has 1 aliphatic heterocycles. The summed E-state index contributed by atoms with van der Waals surface area (Å²) in [7, 11) is 0. The van der Waals surface area contributed by atoms with Gasteiger partial charge >= 0.3 is 6.09 Å². The molecule has 4 heterocycles. The number of pyridine rings is 1. The highest BCUT2D eigenvalue weighted by atomic mass is 16.4. The molecule has 0 bridgehead atoms. The Labute approximate surface area is 166 Å². The van der Waals surface area contributed by atoms with E-state index in [1.165, 1.54) is 11.1 Å². The third-order valence-electron chi connectivity index (χ3n) is 4.91. The average molecular weight is 395 g/mol. The lowest BCUT2D eigenvalue weighted by Crippen LogP contribution is -2.46. The second-order valence-corrected chi connectivity index (χ2v) is 6.87. The van der Waals surface area contributed by atoms with E-state index in [0.29, 0.717) is 49.5 Å². The summed E-state index contributed by atoms with van der Waals surface area (Å²) >= 11 is 0. The van der Waals surface area contributed by atoms with E-state index < -0.39 is 6.09 Å². The van der Waals surface area contributed by atoms with Crippen molar-refractivity contribution in [2.24, 2.45) is 0 Å². The molecule has 0 atom stereocenters. The van der Waals surface area contributed by atoms with Gasteiger partial charge < -0.3 is 20.6 Å². The highest BCUT2D eigenvalue weighted by Crippen LogP contribution is 2.15. The van der Waals surface area contributed by atoms with Gasteiger partial charge in [0, 0.05) is 44.3 Å². The number of nitrogens with zero attached hydrogens (tertiary/aromatic N) is 5. The predicted molar refractivity (Wildman–Crippen MR) is 105 cm³/mol. The van der Waals surface area contributed by atoms with Gasteiger partial charge in [0.25, 0.3) is 5.91 Å². The van der Waals surface area contributed by atoms with Crippen LogP contribution in [0.1, 0.15) is 28.8 Å². The first-order valence-corrected chi connectivity index (χ1v) is 9.36. The van der Waals surface area contributed by atoms with Gasteiger partial charge in [0.15, 0.2) is 5.65 Å². The van der Waals surface area contributed by atoms with Crippen LogP contribution in [0.15, 0.2) is 43.0 Å². The molecule has 1 aliphatic rings. The Hall–Kier alpha value is -3.69. The maximum Gasteiger partial charge on any atom is 0.407 e. The van der Waals surface area contributed by atoms with Crippen LogP contribution in [-0.2, 0) is 6.54 Å². The minimum Gasteiger partial charge on any atom is -0.465 e. The lowest BCUT2D eigenvalue weighted by Gasteiger charge is -2.30. The molecule has 10 heteroatoms. The van der Waals surface area contributed by atoms with Crippen molar-refractivity contribution in [2.45, 2.75) is 25.4 Å². The molecule has 1 fully saturated rings. The van der Waals surface area contributed by atoms with Crippen LogP contribution < -0.4 is 10.6 Å². The lowest BCUT2D eigenvalue weighted by atomic mass is 10.1. The van der Waals surface area contributed by atoms with Crippen LogP contribution in [0.3, 0.4) is 0 Å². The number of fused-ring (bicyclic) bond motifs is 1. The summed E-state index contributed by atoms with van der Waals surface area (Å²) in [5, 5.41) is 19.4. The molecule has 2 amide bonds. The number of carbonyl (C=O) groups excluding carboxylic acids is 1. The molecule has 0 unspecified atom stereocenters. The summed E-state index contributed by atoms with van der Waals surface area (Å²) in [6.07, 6.45) is 6.99. The van der Waals surface area contributed by atoms with E-state index in [1.807, 2.05) is 12.1 Å². The molecule has 150 valence electrons. The monoisotopic (exact) mass is 395 g/mol. The largest absolute Gasteiger partial charge is 0.465 e. The van der Waals surface area contributed by atoms with E-state index in [1.54, 1.807) is 29.2 Å². The van der Waals surface area contributed by atoms with Gasteiger partial charge in [0.2, 0.25) is 0 Å². The topological polar surface area (TPSA) is 125 Å². The number of hydrogen-bond acceptors (Lipinski definition) is 6. The van der Waals surface area contributed by atoms with Crippen molar-refractivity contribution in [2.75, 3.05) is 18.4 Å². The van der Waals surface area contributed by atoms with Crippen LogP contribution in [0, 0.1) is 0 Å². The van der Waals surface area contributed by atoms with Crippen LogP contribution >= 0.6 is 0 Å². The number of nitrogens with one attached hydrogen (secondary N) is 2. The zero-order chi connectivity index (χ0) is 20.2. The Kier molecular flexibility index (Phi) is 5.23. The van der Waals surface area contributed by atoms with Gasteiger partial charge in [-0.15, -0.1) is 0 Å². The van der Waals surface area contributed by atoms with Crippen LogP contribution in [0.25, 0.3) is 5.65 Å². The van der Waals surface area contributed by atoms with E-state index >= 15 is 0 Å². The summed E-state index contributed by atoms with van der Waals surface area (Å²) in [5.74, 6) is 0.372. The maximum atomic E-state index is 12.7. The number of anilines is 1. The molecule has 29 heavy (non-hydrogen) atoms. The van der Waals surface area contributed by atoms with Crippen LogP contribution in [0.4, 0.5) is 10.6 Å². The molecular formula is C19H21N7O3. The van der Waals surface area contributed by atoms with E-state index in [9.17, 15) is 9.59 Å². The van der Waals surface area contributed by atoms with Crippen molar-refractivity contribution in [1.29, 1.82) is 0 Å². The van der Waals surface area contributed by atoms with Gasteiger partial charge in [-0.3, -0.25) is 9.78 Å². The van der Waals surface area contributed by atoms with Crippen molar-refractivity contribution in [3.05, 3.63) is 54.1 Å². The molecule has 4 rings (SSSR count). The molecule has 3 N–H and O–H groups in total. The Morgan fingerprint density at radius 2 is 2.03 bits per heavy atom. The van der Waals surface area contributed by atoms with Crippen molar-refractivity contribution >= 4 is 23.5 Å². The SMILES string of the molecule is O=C(NC1CCN(C(=O)O)CC1)c1cnn2ccc(NCc3cccnc3)nc12. The fourth-order valence-corrected chi connectivity index (χ4v) is 3.30. The molecule has 0 saturated carbocycles. The molecule has 1 saturated heterocycles. The zero-order valence-corrected chi connectivity index (χ0v) is 15.7. The number of aromatic nitrogens is 4.